The van der Waals surface area contributed by atoms with Gasteiger partial charge in [0.25, 0.3) is 5.91 Å². The van der Waals surface area contributed by atoms with Gasteiger partial charge in [-0.1, -0.05) is 29.8 Å². The zero-order valence-corrected chi connectivity index (χ0v) is 14.7. The van der Waals surface area contributed by atoms with Gasteiger partial charge in [0.2, 0.25) is 0 Å². The number of aryl methyl sites for hydroxylation is 1. The number of aromatic nitrogens is 1. The van der Waals surface area contributed by atoms with E-state index < -0.39 is 41.9 Å². The van der Waals surface area contributed by atoms with Crippen molar-refractivity contribution < 1.29 is 32.2 Å². The van der Waals surface area contributed by atoms with Crippen LogP contribution in [0.15, 0.2) is 36.5 Å². The number of hydrogen-bond acceptors (Lipinski definition) is 5. The summed E-state index contributed by atoms with van der Waals surface area (Å²) >= 11 is 5.67. The van der Waals surface area contributed by atoms with Crippen LogP contribution in [0.4, 0.5) is 19.0 Å². The van der Waals surface area contributed by atoms with Crippen LogP contribution in [0.2, 0.25) is 5.02 Å². The number of halogens is 4. The molecule has 0 saturated carbocycles. The third-order valence-electron chi connectivity index (χ3n) is 3.23. The molecule has 6 nitrogen and oxygen atoms in total. The summed E-state index contributed by atoms with van der Waals surface area (Å²) in [4.78, 5) is 26.8. The van der Waals surface area contributed by atoms with Crippen LogP contribution in [0.25, 0.3) is 0 Å². The van der Waals surface area contributed by atoms with Gasteiger partial charge in [0.05, 0.1) is 10.6 Å². The minimum absolute atomic E-state index is 0.276. The quantitative estimate of drug-likeness (QED) is 0.747. The molecule has 1 N–H and O–H groups in total. The number of nitrogens with one attached hydrogen (secondary N) is 1. The average molecular weight is 403 g/mol. The van der Waals surface area contributed by atoms with Gasteiger partial charge in [0.15, 0.2) is 19.0 Å². The first-order chi connectivity index (χ1) is 12.7. The molecule has 0 unspecified atom stereocenters. The van der Waals surface area contributed by atoms with E-state index in [2.05, 4.69) is 10.3 Å². The zero-order chi connectivity index (χ0) is 20.0. The molecule has 0 saturated heterocycles. The van der Waals surface area contributed by atoms with Crippen LogP contribution in [-0.2, 0) is 20.5 Å². The van der Waals surface area contributed by atoms with Gasteiger partial charge in [-0.25, -0.2) is 9.78 Å². The molecule has 0 aliphatic rings. The first-order valence-corrected chi connectivity index (χ1v) is 7.91. The number of amides is 1. The van der Waals surface area contributed by atoms with Crippen molar-refractivity contribution in [3.63, 3.8) is 0 Å². The van der Waals surface area contributed by atoms with E-state index in [-0.39, 0.29) is 5.82 Å². The number of anilines is 1. The molecule has 1 aromatic carbocycles. The summed E-state index contributed by atoms with van der Waals surface area (Å²) in [5.41, 5.74) is -0.226. The predicted molar refractivity (Wildman–Crippen MR) is 90.5 cm³/mol. The maximum atomic E-state index is 12.5. The number of benzene rings is 1. The number of para-hydroxylation sites is 1. The number of ether oxygens (including phenoxy) is 2. The largest absolute Gasteiger partial charge is 0.482 e. The highest BCUT2D eigenvalue weighted by Gasteiger charge is 2.31. The molecule has 144 valence electrons. The van der Waals surface area contributed by atoms with E-state index in [0.29, 0.717) is 18.0 Å². The second-order valence-corrected chi connectivity index (χ2v) is 5.72. The Morgan fingerprint density at radius 2 is 1.93 bits per heavy atom. The summed E-state index contributed by atoms with van der Waals surface area (Å²) in [5.74, 6) is -1.38. The van der Waals surface area contributed by atoms with Crippen molar-refractivity contribution in [3.05, 3.63) is 52.7 Å². The Morgan fingerprint density at radius 1 is 1.22 bits per heavy atom. The van der Waals surface area contributed by atoms with E-state index in [1.165, 1.54) is 0 Å². The van der Waals surface area contributed by atoms with Crippen molar-refractivity contribution in [3.8, 4) is 5.75 Å². The molecule has 0 spiro atoms. The molecule has 1 heterocycles. The summed E-state index contributed by atoms with van der Waals surface area (Å²) in [5, 5.41) is 1.76. The normalized spacial score (nSPS) is 11.0. The number of hydrogen-bond donors (Lipinski definition) is 1. The van der Waals surface area contributed by atoms with E-state index in [1.54, 1.807) is 25.1 Å². The molecule has 2 rings (SSSR count). The fraction of sp³-hybridized carbons (Fsp3) is 0.235. The molecule has 2 aromatic rings. The lowest BCUT2D eigenvalue weighted by Crippen LogP contribution is -2.24. The third-order valence-corrected chi connectivity index (χ3v) is 3.52. The first-order valence-electron chi connectivity index (χ1n) is 7.53. The second-order valence-electron chi connectivity index (χ2n) is 5.32. The van der Waals surface area contributed by atoms with Crippen molar-refractivity contribution in [1.29, 1.82) is 0 Å². The highest BCUT2D eigenvalue weighted by atomic mass is 35.5. The molecular weight excluding hydrogens is 389 g/mol. The van der Waals surface area contributed by atoms with E-state index in [1.807, 2.05) is 6.07 Å². The summed E-state index contributed by atoms with van der Waals surface area (Å²) in [6.07, 6.45) is -4.07. The molecule has 27 heavy (non-hydrogen) atoms. The van der Waals surface area contributed by atoms with Crippen molar-refractivity contribution in [2.75, 3.05) is 18.5 Å². The Balaban J connectivity index is 1.82. The Kier molecular flexibility index (Phi) is 6.62. The van der Waals surface area contributed by atoms with Gasteiger partial charge in [-0.15, -0.1) is 0 Å². The molecule has 0 aliphatic carbocycles. The van der Waals surface area contributed by atoms with Gasteiger partial charge in [-0.05, 0) is 24.6 Å². The van der Waals surface area contributed by atoms with Gasteiger partial charge in [-0.2, -0.15) is 13.2 Å². The molecule has 1 amide bonds. The first kappa shape index (κ1) is 20.5. The number of pyridine rings is 1. The molecule has 0 fully saturated rings. The van der Waals surface area contributed by atoms with E-state index in [9.17, 15) is 22.8 Å². The monoisotopic (exact) mass is 402 g/mol. The lowest BCUT2D eigenvalue weighted by molar-refractivity contribution is -0.149. The molecule has 10 heteroatoms. The minimum Gasteiger partial charge on any atom is -0.482 e. The van der Waals surface area contributed by atoms with E-state index in [0.717, 1.165) is 5.56 Å². The van der Waals surface area contributed by atoms with Gasteiger partial charge >= 0.3 is 12.1 Å². The maximum absolute atomic E-state index is 12.5. The molecule has 0 radical (unpaired) electrons. The van der Waals surface area contributed by atoms with E-state index >= 15 is 0 Å². The van der Waals surface area contributed by atoms with Crippen LogP contribution in [0, 0.1) is 6.92 Å². The number of rotatable bonds is 6. The fourth-order valence-electron chi connectivity index (χ4n) is 1.90. The lowest BCUT2D eigenvalue weighted by Gasteiger charge is -2.11. The standard InChI is InChI=1S/C17H14ClF3N2O4/c1-10-4-2-3-5-13(10)26-9-15(25)27-8-14(24)23-16-12(18)6-11(7-22-16)17(19,20)21/h2-7H,8-9H2,1H3,(H,22,23,24). The van der Waals surface area contributed by atoms with Crippen LogP contribution in [0.1, 0.15) is 11.1 Å². The Bertz CT molecular complexity index is 843. The lowest BCUT2D eigenvalue weighted by atomic mass is 10.2. The summed E-state index contributed by atoms with van der Waals surface area (Å²) in [6, 6.07) is 7.65. The molecule has 1 aromatic heterocycles. The van der Waals surface area contributed by atoms with Crippen LogP contribution in [0.3, 0.4) is 0 Å². The smallest absolute Gasteiger partial charge is 0.417 e. The summed E-state index contributed by atoms with van der Waals surface area (Å²) in [7, 11) is 0. The SMILES string of the molecule is Cc1ccccc1OCC(=O)OCC(=O)Nc1ncc(C(F)(F)F)cc1Cl. The van der Waals surface area contributed by atoms with Crippen LogP contribution in [-0.4, -0.2) is 30.1 Å². The summed E-state index contributed by atoms with van der Waals surface area (Å²) in [6.45, 7) is 0.724. The average Bonchev–Trinajstić information content (AvgIpc) is 2.60. The van der Waals surface area contributed by atoms with Crippen LogP contribution >= 0.6 is 11.6 Å². The molecule has 0 atom stereocenters. The number of alkyl halides is 3. The van der Waals surface area contributed by atoms with Crippen molar-refractivity contribution in [2.45, 2.75) is 13.1 Å². The van der Waals surface area contributed by atoms with E-state index in [4.69, 9.17) is 21.1 Å². The zero-order valence-electron chi connectivity index (χ0n) is 14.0. The molecule has 0 bridgehead atoms. The Hall–Kier alpha value is -2.81. The molecular formula is C17H14ClF3N2O4. The van der Waals surface area contributed by atoms with Gasteiger partial charge in [0.1, 0.15) is 5.75 Å². The Labute approximate surface area is 157 Å². The van der Waals surface area contributed by atoms with Crippen LogP contribution < -0.4 is 10.1 Å². The van der Waals surface area contributed by atoms with Gasteiger partial charge < -0.3 is 14.8 Å². The third kappa shape index (κ3) is 6.14. The maximum Gasteiger partial charge on any atom is 0.417 e. The van der Waals surface area contributed by atoms with Crippen molar-refractivity contribution >= 4 is 29.3 Å². The fourth-order valence-corrected chi connectivity index (χ4v) is 2.11. The minimum atomic E-state index is -4.61. The second kappa shape index (κ2) is 8.72. The predicted octanol–water partition coefficient (Wildman–Crippen LogP) is 3.62. The number of esters is 1. The summed E-state index contributed by atoms with van der Waals surface area (Å²) < 4.78 is 47.6. The van der Waals surface area contributed by atoms with Gasteiger partial charge in [0, 0.05) is 6.20 Å². The van der Waals surface area contributed by atoms with Crippen molar-refractivity contribution in [2.24, 2.45) is 0 Å². The molecule has 0 aliphatic heterocycles. The number of carbonyl (C=O) groups is 2. The number of carbonyl (C=O) groups excluding carboxylic acids is 2. The van der Waals surface area contributed by atoms with Crippen molar-refractivity contribution in [1.82, 2.24) is 4.98 Å². The highest BCUT2D eigenvalue weighted by molar-refractivity contribution is 6.33. The number of nitrogens with zero attached hydrogens (tertiary/aromatic N) is 1. The highest BCUT2D eigenvalue weighted by Crippen LogP contribution is 2.32. The topological polar surface area (TPSA) is 77.5 Å². The van der Waals surface area contributed by atoms with Crippen LogP contribution in [0.5, 0.6) is 5.75 Å². The Morgan fingerprint density at radius 3 is 2.56 bits per heavy atom. The van der Waals surface area contributed by atoms with Gasteiger partial charge in [-0.3, -0.25) is 4.79 Å².